The molecule has 5 heteroatoms. The number of para-hydroxylation sites is 4. The molecule has 17 rings (SSSR count). The number of nitrogens with zero attached hydrogens (tertiary/aromatic N) is 4. The maximum absolute atomic E-state index is 2.35. The molecule has 300 valence electrons. The lowest BCUT2D eigenvalue weighted by molar-refractivity contribution is 1.25. The lowest BCUT2D eigenvalue weighted by atomic mass is 10.0. The molecule has 7 aliphatic rings. The molecule has 12 bridgehead atoms. The molecule has 0 fully saturated rings. The van der Waals surface area contributed by atoms with E-state index in [1.807, 2.05) is 0 Å². The number of rotatable bonds is 4. The molecule has 4 nitrogen and oxygen atoms in total. The summed E-state index contributed by atoms with van der Waals surface area (Å²) in [5.74, 6) is 0. The first-order valence-corrected chi connectivity index (χ1v) is 22.1. The molecule has 7 aliphatic heterocycles. The second-order valence-corrected chi connectivity index (χ2v) is 16.5. The Bertz CT molecular complexity index is 2870. The van der Waals surface area contributed by atoms with Gasteiger partial charge in [0.25, 0.3) is 0 Å². The summed E-state index contributed by atoms with van der Waals surface area (Å²) in [5.41, 5.74) is 15.5. The number of hydrogen-bond donors (Lipinski definition) is 0. The predicted molar refractivity (Wildman–Crippen MR) is 267 cm³/mol. The molecule has 0 spiro atoms. The number of hydrogen-bond acceptors (Lipinski definition) is 5. The fraction of sp³-hybridized carbons (Fsp3) is 0. The molecule has 1 aromatic heterocycles. The summed E-state index contributed by atoms with van der Waals surface area (Å²) >= 11 is 1.78. The van der Waals surface area contributed by atoms with Gasteiger partial charge in [-0.3, -0.25) is 0 Å². The summed E-state index contributed by atoms with van der Waals surface area (Å²) in [4.78, 5) is 9.38. The van der Waals surface area contributed by atoms with Gasteiger partial charge in [0.1, 0.15) is 10.0 Å². The van der Waals surface area contributed by atoms with Crippen molar-refractivity contribution in [2.24, 2.45) is 0 Å². The van der Waals surface area contributed by atoms with Gasteiger partial charge < -0.3 is 19.6 Å². The van der Waals surface area contributed by atoms with Crippen molar-refractivity contribution in [3.8, 4) is 22.3 Å². The molecular formula is C58H42N4S. The zero-order chi connectivity index (χ0) is 42.0. The van der Waals surface area contributed by atoms with Crippen LogP contribution in [0.25, 0.3) is 22.3 Å². The van der Waals surface area contributed by atoms with E-state index in [4.69, 9.17) is 0 Å². The fourth-order valence-corrected chi connectivity index (χ4v) is 9.64. The van der Waals surface area contributed by atoms with E-state index in [1.54, 1.807) is 11.3 Å². The van der Waals surface area contributed by atoms with Crippen LogP contribution in [0.15, 0.2) is 255 Å². The first kappa shape index (κ1) is 37.8. The third-order valence-corrected chi connectivity index (χ3v) is 12.6. The highest BCUT2D eigenvalue weighted by atomic mass is 32.1. The summed E-state index contributed by atoms with van der Waals surface area (Å²) in [6.07, 6.45) is 0. The highest BCUT2D eigenvalue weighted by molar-refractivity contribution is 7.20. The minimum absolute atomic E-state index is 1.07. The van der Waals surface area contributed by atoms with E-state index in [2.05, 4.69) is 274 Å². The van der Waals surface area contributed by atoms with Crippen LogP contribution >= 0.6 is 11.3 Å². The second-order valence-electron chi connectivity index (χ2n) is 15.5. The Balaban J connectivity index is 1.08. The first-order valence-electron chi connectivity index (χ1n) is 21.3. The minimum Gasteiger partial charge on any atom is -0.310 e. The van der Waals surface area contributed by atoms with Gasteiger partial charge in [0.05, 0.1) is 0 Å². The van der Waals surface area contributed by atoms with E-state index in [9.17, 15) is 0 Å². The van der Waals surface area contributed by atoms with Crippen molar-refractivity contribution in [3.63, 3.8) is 0 Å². The van der Waals surface area contributed by atoms with Gasteiger partial charge in [0.2, 0.25) is 0 Å². The van der Waals surface area contributed by atoms with Crippen LogP contribution in [0.3, 0.4) is 0 Å². The van der Waals surface area contributed by atoms with E-state index < -0.39 is 0 Å². The van der Waals surface area contributed by atoms with Gasteiger partial charge in [-0.2, -0.15) is 0 Å². The van der Waals surface area contributed by atoms with Crippen molar-refractivity contribution < 1.29 is 0 Å². The minimum atomic E-state index is 1.07. The zero-order valence-electron chi connectivity index (χ0n) is 34.4. The van der Waals surface area contributed by atoms with Crippen molar-refractivity contribution in [2.75, 3.05) is 19.6 Å². The van der Waals surface area contributed by atoms with Crippen LogP contribution < -0.4 is 19.6 Å². The molecule has 63 heavy (non-hydrogen) atoms. The van der Waals surface area contributed by atoms with E-state index in [1.165, 1.54) is 0 Å². The monoisotopic (exact) mass is 826 g/mol. The molecule has 0 saturated carbocycles. The van der Waals surface area contributed by atoms with E-state index in [0.29, 0.717) is 0 Å². The van der Waals surface area contributed by atoms with E-state index >= 15 is 0 Å². The molecule has 10 aromatic rings. The molecule has 0 saturated heterocycles. The molecule has 0 unspecified atom stereocenters. The van der Waals surface area contributed by atoms with Crippen molar-refractivity contribution in [1.29, 1.82) is 0 Å². The Labute approximate surface area is 373 Å². The molecule has 0 amide bonds. The molecule has 0 radical (unpaired) electrons. The third-order valence-electron chi connectivity index (χ3n) is 11.6. The fourth-order valence-electron chi connectivity index (χ4n) is 8.55. The molecule has 9 aromatic carbocycles. The molecular weight excluding hydrogens is 785 g/mol. The maximum atomic E-state index is 2.35. The summed E-state index contributed by atoms with van der Waals surface area (Å²) in [6, 6.07) is 91.6. The Morgan fingerprint density at radius 1 is 0.190 bits per heavy atom. The zero-order valence-corrected chi connectivity index (χ0v) is 35.3. The lowest BCUT2D eigenvalue weighted by Gasteiger charge is -2.29. The van der Waals surface area contributed by atoms with Crippen LogP contribution in [-0.4, -0.2) is 0 Å². The standard InChI is InChI=1S/C58H42N4S/c1-5-14-47(15-6-1)59-51-32-24-43(25-33-51)45-28-36-53(37-29-45)61(49-18-9-3-10-19-49)57-40-41-58(63-57)62(50-20-11-4-12-21-50)54-38-30-46(31-39-54)44-26-34-52(35-27-44)60(48-16-7-2-8-17-48)56-23-13-22-55(59)42-56/h1-42H. The summed E-state index contributed by atoms with van der Waals surface area (Å²) in [5, 5.41) is 2.25. The SMILES string of the molecule is c1ccc(N2c3ccc(cc3)-c3ccc(cc3)N(c3ccccc3)c3ccc(s3)N(c3ccccc3)c3ccc(cc3)-c3ccc(cc3)N(c3ccccc3)c3cccc2c3)cc1. The van der Waals surface area contributed by atoms with Gasteiger partial charge in [-0.25, -0.2) is 0 Å². The number of benzene rings is 9. The topological polar surface area (TPSA) is 13.0 Å². The smallest absolute Gasteiger partial charge is 0.102 e. The molecule has 0 aliphatic carbocycles. The van der Waals surface area contributed by atoms with E-state index in [-0.39, 0.29) is 0 Å². The summed E-state index contributed by atoms with van der Waals surface area (Å²) in [7, 11) is 0. The van der Waals surface area contributed by atoms with Crippen molar-refractivity contribution >= 4 is 78.2 Å². The normalized spacial score (nSPS) is 12.3. The number of thiophene rings is 1. The Morgan fingerprint density at radius 2 is 0.429 bits per heavy atom. The summed E-state index contributed by atoms with van der Waals surface area (Å²) < 4.78 is 0. The molecule has 0 atom stereocenters. The largest absolute Gasteiger partial charge is 0.310 e. The molecule has 8 heterocycles. The quantitative estimate of drug-likeness (QED) is 0.175. The van der Waals surface area contributed by atoms with Gasteiger partial charge in [-0.15, -0.1) is 0 Å². The predicted octanol–water partition coefficient (Wildman–Crippen LogP) is 17.3. The highest BCUT2D eigenvalue weighted by Crippen LogP contribution is 2.47. The first-order chi connectivity index (χ1) is 31.2. The van der Waals surface area contributed by atoms with Gasteiger partial charge in [-0.1, -0.05) is 139 Å². The maximum Gasteiger partial charge on any atom is 0.102 e. The lowest BCUT2D eigenvalue weighted by Crippen LogP contribution is -2.13. The van der Waals surface area contributed by atoms with Crippen LogP contribution in [0.2, 0.25) is 0 Å². The van der Waals surface area contributed by atoms with Crippen LogP contribution in [0.1, 0.15) is 0 Å². The van der Waals surface area contributed by atoms with Crippen molar-refractivity contribution in [1.82, 2.24) is 0 Å². The van der Waals surface area contributed by atoms with Crippen LogP contribution in [-0.2, 0) is 0 Å². The average Bonchev–Trinajstić information content (AvgIpc) is 3.83. The van der Waals surface area contributed by atoms with Crippen molar-refractivity contribution in [3.05, 3.63) is 255 Å². The van der Waals surface area contributed by atoms with Gasteiger partial charge >= 0.3 is 0 Å². The third kappa shape index (κ3) is 7.52. The molecule has 0 N–H and O–H groups in total. The van der Waals surface area contributed by atoms with Gasteiger partial charge in [0, 0.05) is 56.9 Å². The second kappa shape index (κ2) is 16.7. The summed E-state index contributed by atoms with van der Waals surface area (Å²) in [6.45, 7) is 0. The average molecular weight is 827 g/mol. The van der Waals surface area contributed by atoms with Crippen LogP contribution in [0, 0.1) is 0 Å². The van der Waals surface area contributed by atoms with Gasteiger partial charge in [0.15, 0.2) is 0 Å². The van der Waals surface area contributed by atoms with Crippen LogP contribution in [0.5, 0.6) is 0 Å². The van der Waals surface area contributed by atoms with E-state index in [0.717, 1.165) is 89.1 Å². The van der Waals surface area contributed by atoms with Crippen LogP contribution in [0.4, 0.5) is 66.9 Å². The Hall–Kier alpha value is -8.12. The Kier molecular flexibility index (Phi) is 10.1. The highest BCUT2D eigenvalue weighted by Gasteiger charge is 2.21. The van der Waals surface area contributed by atoms with Crippen molar-refractivity contribution in [2.45, 2.75) is 0 Å². The van der Waals surface area contributed by atoms with Gasteiger partial charge in [-0.05, 0) is 150 Å². The number of anilines is 12. The Morgan fingerprint density at radius 3 is 0.730 bits per heavy atom.